The van der Waals surface area contributed by atoms with Crippen LogP contribution in [0.3, 0.4) is 0 Å². The highest BCUT2D eigenvalue weighted by Gasteiger charge is 2.32. The van der Waals surface area contributed by atoms with E-state index in [1.54, 1.807) is 4.90 Å². The Morgan fingerprint density at radius 1 is 1.04 bits per heavy atom. The van der Waals surface area contributed by atoms with Gasteiger partial charge in [0.05, 0.1) is 5.92 Å². The number of carbonyl (C=O) groups is 3. The van der Waals surface area contributed by atoms with Crippen molar-refractivity contribution in [3.05, 3.63) is 0 Å². The van der Waals surface area contributed by atoms with Crippen molar-refractivity contribution in [2.24, 2.45) is 11.8 Å². The highest BCUT2D eigenvalue weighted by Crippen LogP contribution is 2.24. The molecule has 0 radical (unpaired) electrons. The lowest BCUT2D eigenvalue weighted by molar-refractivity contribution is -0.148. The molecule has 7 nitrogen and oxygen atoms in total. The number of likely N-dealkylation sites (tertiary alicyclic amines) is 1. The van der Waals surface area contributed by atoms with E-state index < -0.39 is 5.97 Å². The summed E-state index contributed by atoms with van der Waals surface area (Å²) in [5.74, 6) is -0.963. The van der Waals surface area contributed by atoms with Crippen molar-refractivity contribution < 1.29 is 19.5 Å². The predicted octanol–water partition coefficient (Wildman–Crippen LogP) is 2.75. The second-order valence-electron chi connectivity index (χ2n) is 8.10. The number of piperidine rings is 1. The first-order chi connectivity index (χ1) is 13.0. The van der Waals surface area contributed by atoms with E-state index in [0.717, 1.165) is 32.1 Å². The maximum Gasteiger partial charge on any atom is 0.315 e. The van der Waals surface area contributed by atoms with E-state index in [1.807, 2.05) is 6.92 Å². The zero-order valence-electron chi connectivity index (χ0n) is 16.5. The van der Waals surface area contributed by atoms with Crippen LogP contribution in [0, 0.1) is 11.8 Å². The number of carbonyl (C=O) groups excluding carboxylic acids is 2. The van der Waals surface area contributed by atoms with Gasteiger partial charge in [0.25, 0.3) is 0 Å². The molecule has 1 aliphatic carbocycles. The molecular formula is C20H35N3O4. The fraction of sp³-hybridized carbons (Fsp3) is 0.850. The quantitative estimate of drug-likeness (QED) is 0.563. The first kappa shape index (κ1) is 21.5. The Hall–Kier alpha value is -1.79. The summed E-state index contributed by atoms with van der Waals surface area (Å²) in [6.07, 6.45) is 9.45. The molecule has 0 aromatic carbocycles. The van der Waals surface area contributed by atoms with E-state index in [9.17, 15) is 14.4 Å². The average Bonchev–Trinajstić information content (AvgIpc) is 2.64. The van der Waals surface area contributed by atoms with E-state index in [-0.39, 0.29) is 23.8 Å². The number of carboxylic acids is 1. The molecule has 1 aliphatic heterocycles. The van der Waals surface area contributed by atoms with Gasteiger partial charge >= 0.3 is 12.0 Å². The molecule has 2 aliphatic rings. The van der Waals surface area contributed by atoms with Crippen LogP contribution in [0.1, 0.15) is 71.1 Å². The van der Waals surface area contributed by atoms with Crippen LogP contribution in [0.2, 0.25) is 0 Å². The molecule has 0 spiro atoms. The second-order valence-corrected chi connectivity index (χ2v) is 8.10. The summed E-state index contributed by atoms with van der Waals surface area (Å²) in [5, 5.41) is 15.1. The Morgan fingerprint density at radius 3 is 2.44 bits per heavy atom. The summed E-state index contributed by atoms with van der Waals surface area (Å²) in [6.45, 7) is 3.62. The third-order valence-electron chi connectivity index (χ3n) is 5.87. The number of nitrogens with one attached hydrogen (secondary N) is 2. The minimum Gasteiger partial charge on any atom is -0.481 e. The van der Waals surface area contributed by atoms with Gasteiger partial charge in [0, 0.05) is 32.1 Å². The van der Waals surface area contributed by atoms with Crippen molar-refractivity contribution in [1.82, 2.24) is 15.5 Å². The molecular weight excluding hydrogens is 346 g/mol. The van der Waals surface area contributed by atoms with Gasteiger partial charge in [0.15, 0.2) is 0 Å². The molecule has 0 bridgehead atoms. The molecule has 154 valence electrons. The maximum atomic E-state index is 12.3. The lowest BCUT2D eigenvalue weighted by Crippen LogP contribution is -2.44. The van der Waals surface area contributed by atoms with E-state index >= 15 is 0 Å². The largest absolute Gasteiger partial charge is 0.481 e. The SMILES string of the molecule is CC1CN(C(=O)CCCCCNC(=O)NC2CCCCC2)CCC1C(=O)O. The number of hydrogen-bond acceptors (Lipinski definition) is 3. The smallest absolute Gasteiger partial charge is 0.315 e. The highest BCUT2D eigenvalue weighted by atomic mass is 16.4. The fourth-order valence-electron chi connectivity index (χ4n) is 4.16. The summed E-state index contributed by atoms with van der Waals surface area (Å²) in [4.78, 5) is 37.1. The Morgan fingerprint density at radius 2 is 1.78 bits per heavy atom. The van der Waals surface area contributed by atoms with Crippen LogP contribution < -0.4 is 10.6 Å². The molecule has 7 heteroatoms. The van der Waals surface area contributed by atoms with Crippen LogP contribution >= 0.6 is 0 Å². The molecule has 1 saturated carbocycles. The number of rotatable bonds is 8. The third kappa shape index (κ3) is 7.39. The van der Waals surface area contributed by atoms with Gasteiger partial charge in [-0.3, -0.25) is 9.59 Å². The van der Waals surface area contributed by atoms with Crippen molar-refractivity contribution >= 4 is 17.9 Å². The molecule has 2 fully saturated rings. The number of hydrogen-bond donors (Lipinski definition) is 3. The van der Waals surface area contributed by atoms with Gasteiger partial charge < -0.3 is 20.6 Å². The molecule has 1 saturated heterocycles. The standard InChI is InChI=1S/C20H35N3O4/c1-15-14-23(13-11-17(15)19(25)26)18(24)10-6-3-7-12-21-20(27)22-16-8-4-2-5-9-16/h15-17H,2-14H2,1H3,(H,25,26)(H2,21,22,27). The van der Waals surface area contributed by atoms with Crippen molar-refractivity contribution in [2.45, 2.75) is 77.2 Å². The molecule has 0 aromatic rings. The molecule has 2 atom stereocenters. The Balaban J connectivity index is 1.50. The van der Waals surface area contributed by atoms with Gasteiger partial charge in [0.1, 0.15) is 0 Å². The van der Waals surface area contributed by atoms with E-state index in [0.29, 0.717) is 38.5 Å². The number of unbranched alkanes of at least 4 members (excludes halogenated alkanes) is 2. The third-order valence-corrected chi connectivity index (χ3v) is 5.87. The van der Waals surface area contributed by atoms with Crippen molar-refractivity contribution in [3.63, 3.8) is 0 Å². The van der Waals surface area contributed by atoms with Crippen molar-refractivity contribution in [3.8, 4) is 0 Å². The van der Waals surface area contributed by atoms with Gasteiger partial charge in [-0.2, -0.15) is 0 Å². The number of urea groups is 1. The first-order valence-electron chi connectivity index (χ1n) is 10.5. The van der Waals surface area contributed by atoms with Gasteiger partial charge in [-0.05, 0) is 38.0 Å². The number of carboxylic acid groups (broad SMARTS) is 1. The topological polar surface area (TPSA) is 98.7 Å². The first-order valence-corrected chi connectivity index (χ1v) is 10.5. The molecule has 1 heterocycles. The van der Waals surface area contributed by atoms with Crippen LogP contribution in [0.25, 0.3) is 0 Å². The van der Waals surface area contributed by atoms with Gasteiger partial charge in [0.2, 0.25) is 5.91 Å². The number of amides is 3. The summed E-state index contributed by atoms with van der Waals surface area (Å²) in [5.41, 5.74) is 0. The van der Waals surface area contributed by atoms with Crippen LogP contribution in [0.15, 0.2) is 0 Å². The lowest BCUT2D eigenvalue weighted by atomic mass is 9.87. The Labute approximate surface area is 162 Å². The molecule has 27 heavy (non-hydrogen) atoms. The Kier molecular flexibility index (Phi) is 8.88. The van der Waals surface area contributed by atoms with E-state index in [4.69, 9.17) is 5.11 Å². The lowest BCUT2D eigenvalue weighted by Gasteiger charge is -2.35. The van der Waals surface area contributed by atoms with Gasteiger partial charge in [-0.1, -0.05) is 32.6 Å². The second kappa shape index (κ2) is 11.1. The highest BCUT2D eigenvalue weighted by molar-refractivity contribution is 5.77. The minimum absolute atomic E-state index is 0.00655. The molecule has 3 N–H and O–H groups in total. The summed E-state index contributed by atoms with van der Waals surface area (Å²) in [7, 11) is 0. The van der Waals surface area contributed by atoms with Crippen LogP contribution in [-0.4, -0.2) is 53.6 Å². The normalized spacial score (nSPS) is 23.7. The average molecular weight is 382 g/mol. The number of nitrogens with zero attached hydrogens (tertiary/aromatic N) is 1. The molecule has 2 rings (SSSR count). The molecule has 2 unspecified atom stereocenters. The van der Waals surface area contributed by atoms with Crippen molar-refractivity contribution in [1.29, 1.82) is 0 Å². The number of aliphatic carboxylic acids is 1. The summed E-state index contributed by atoms with van der Waals surface area (Å²) < 4.78 is 0. The Bertz CT molecular complexity index is 505. The predicted molar refractivity (Wildman–Crippen MR) is 103 cm³/mol. The van der Waals surface area contributed by atoms with Crippen LogP contribution in [0.5, 0.6) is 0 Å². The van der Waals surface area contributed by atoms with Crippen LogP contribution in [-0.2, 0) is 9.59 Å². The minimum atomic E-state index is -0.755. The molecule has 3 amide bonds. The van der Waals surface area contributed by atoms with E-state index in [1.165, 1.54) is 19.3 Å². The van der Waals surface area contributed by atoms with E-state index in [2.05, 4.69) is 10.6 Å². The maximum absolute atomic E-state index is 12.3. The van der Waals surface area contributed by atoms with Crippen molar-refractivity contribution in [2.75, 3.05) is 19.6 Å². The van der Waals surface area contributed by atoms with Gasteiger partial charge in [-0.15, -0.1) is 0 Å². The van der Waals surface area contributed by atoms with Gasteiger partial charge in [-0.25, -0.2) is 4.79 Å². The van der Waals surface area contributed by atoms with Crippen LogP contribution in [0.4, 0.5) is 4.79 Å². The summed E-state index contributed by atoms with van der Waals surface area (Å²) >= 11 is 0. The fourth-order valence-corrected chi connectivity index (χ4v) is 4.16. The zero-order valence-corrected chi connectivity index (χ0v) is 16.5. The molecule has 0 aromatic heterocycles. The zero-order chi connectivity index (χ0) is 19.6. The monoisotopic (exact) mass is 381 g/mol. The summed E-state index contributed by atoms with van der Waals surface area (Å²) in [6, 6.07) is 0.247.